The molecule has 1 aromatic rings. The number of nitro benzene ring substituents is 2. The number of alkyl halides is 4. The van der Waals surface area contributed by atoms with Gasteiger partial charge >= 0.3 is 11.8 Å². The van der Waals surface area contributed by atoms with E-state index in [0.29, 0.717) is 6.07 Å². The number of nitrogens with zero attached hydrogens (tertiary/aromatic N) is 2. The Morgan fingerprint density at radius 3 is 2.28 bits per heavy atom. The van der Waals surface area contributed by atoms with Crippen LogP contribution < -0.4 is 4.74 Å². The number of hydrogen-bond acceptors (Lipinski definition) is 7. The predicted molar refractivity (Wildman–Crippen MR) is 90.4 cm³/mol. The van der Waals surface area contributed by atoms with Crippen molar-refractivity contribution in [1.29, 1.82) is 0 Å². The molecule has 0 bridgehead atoms. The van der Waals surface area contributed by atoms with Crippen LogP contribution in [-0.4, -0.2) is 34.5 Å². The van der Waals surface area contributed by atoms with E-state index in [4.69, 9.17) is 0 Å². The Labute approximate surface area is 161 Å². The summed E-state index contributed by atoms with van der Waals surface area (Å²) in [6.45, 7) is 2.60. The van der Waals surface area contributed by atoms with Crippen LogP contribution in [0.4, 0.5) is 33.7 Å². The van der Waals surface area contributed by atoms with Crippen LogP contribution >= 0.6 is 0 Å². The lowest BCUT2D eigenvalue weighted by Gasteiger charge is -2.21. The van der Waals surface area contributed by atoms with Crippen LogP contribution in [0.15, 0.2) is 24.8 Å². The lowest BCUT2D eigenvalue weighted by Crippen LogP contribution is -2.34. The fraction of sp³-hybridized carbons (Fsp3) is 0.438. The number of halogens is 4. The summed E-state index contributed by atoms with van der Waals surface area (Å²) in [4.78, 5) is 31.8. The Balaban J connectivity index is 3.06. The van der Waals surface area contributed by atoms with Crippen molar-refractivity contribution >= 4 is 17.5 Å². The summed E-state index contributed by atoms with van der Waals surface area (Å²) in [7, 11) is 0. The lowest BCUT2D eigenvalue weighted by molar-refractivity contribution is -0.394. The van der Waals surface area contributed by atoms with Crippen molar-refractivity contribution in [3.63, 3.8) is 0 Å². The van der Waals surface area contributed by atoms with E-state index >= 15 is 0 Å². The first-order chi connectivity index (χ1) is 13.3. The maximum absolute atomic E-state index is 13.5. The van der Waals surface area contributed by atoms with E-state index in [2.05, 4.69) is 16.1 Å². The molecule has 160 valence electrons. The fourth-order valence-electron chi connectivity index (χ4n) is 2.15. The van der Waals surface area contributed by atoms with E-state index in [0.717, 1.165) is 13.0 Å². The molecule has 0 aromatic heterocycles. The number of rotatable bonds is 10. The number of hydrogen-bond donors (Lipinski definition) is 0. The van der Waals surface area contributed by atoms with E-state index in [1.807, 2.05) is 0 Å². The van der Waals surface area contributed by atoms with Crippen LogP contribution in [0.2, 0.25) is 0 Å². The van der Waals surface area contributed by atoms with E-state index in [1.54, 1.807) is 0 Å². The van der Waals surface area contributed by atoms with Crippen LogP contribution in [0, 0.1) is 20.2 Å². The van der Waals surface area contributed by atoms with Crippen LogP contribution in [0.5, 0.6) is 5.75 Å². The summed E-state index contributed by atoms with van der Waals surface area (Å²) in [5.74, 6) is -8.54. The topological polar surface area (TPSA) is 122 Å². The average molecular weight is 424 g/mol. The Bertz CT molecular complexity index is 815. The zero-order valence-electron chi connectivity index (χ0n) is 15.0. The second kappa shape index (κ2) is 9.30. The van der Waals surface area contributed by atoms with Gasteiger partial charge in [-0.3, -0.25) is 20.2 Å². The smallest absolute Gasteiger partial charge is 0.428 e. The molecule has 0 amide bonds. The second-order valence-corrected chi connectivity index (χ2v) is 5.84. The number of nitro groups is 2. The third-order valence-corrected chi connectivity index (χ3v) is 3.52. The van der Waals surface area contributed by atoms with Gasteiger partial charge in [0, 0.05) is 18.1 Å². The van der Waals surface area contributed by atoms with Crippen molar-refractivity contribution < 1.29 is 41.7 Å². The molecule has 0 fully saturated rings. The lowest BCUT2D eigenvalue weighted by atomic mass is 10.1. The molecule has 9 nitrogen and oxygen atoms in total. The quantitative estimate of drug-likeness (QED) is 0.132. The minimum absolute atomic E-state index is 0.204. The average Bonchev–Trinajstić information content (AvgIpc) is 2.60. The monoisotopic (exact) mass is 424 g/mol. The van der Waals surface area contributed by atoms with E-state index < -0.39 is 64.4 Å². The van der Waals surface area contributed by atoms with Gasteiger partial charge in [0.05, 0.1) is 22.3 Å². The van der Waals surface area contributed by atoms with E-state index in [-0.39, 0.29) is 12.0 Å². The van der Waals surface area contributed by atoms with Gasteiger partial charge in [0.1, 0.15) is 0 Å². The van der Waals surface area contributed by atoms with Gasteiger partial charge < -0.3 is 9.47 Å². The van der Waals surface area contributed by atoms with Crippen LogP contribution in [0.3, 0.4) is 0 Å². The first-order valence-corrected chi connectivity index (χ1v) is 7.98. The van der Waals surface area contributed by atoms with E-state index in [1.165, 1.54) is 6.08 Å². The molecule has 0 unspecified atom stereocenters. The van der Waals surface area contributed by atoms with Crippen LogP contribution in [0.25, 0.3) is 0 Å². The molecule has 0 aliphatic heterocycles. The molecule has 1 rings (SSSR count). The summed E-state index contributed by atoms with van der Waals surface area (Å²) in [6.07, 6.45) is -3.56. The van der Waals surface area contributed by atoms with Gasteiger partial charge in [0.25, 0.3) is 17.5 Å². The largest absolute Gasteiger partial charge is 0.514 e. The van der Waals surface area contributed by atoms with Gasteiger partial charge in [0.2, 0.25) is 5.75 Å². The number of carbonyl (C=O) groups excluding carboxylic acids is 1. The molecule has 13 heteroatoms. The first-order valence-electron chi connectivity index (χ1n) is 7.98. The highest BCUT2D eigenvalue weighted by Crippen LogP contribution is 2.37. The van der Waals surface area contributed by atoms with Gasteiger partial charge in [-0.1, -0.05) is 13.0 Å². The molecular formula is C16H16F4N2O7. The van der Waals surface area contributed by atoms with Gasteiger partial charge in [-0.15, -0.1) is 6.58 Å². The van der Waals surface area contributed by atoms with E-state index in [9.17, 15) is 42.6 Å². The highest BCUT2D eigenvalue weighted by Gasteiger charge is 2.43. The Morgan fingerprint density at radius 2 is 1.79 bits per heavy atom. The zero-order chi connectivity index (χ0) is 22.4. The third-order valence-electron chi connectivity index (χ3n) is 3.52. The number of non-ortho nitro benzene ring substituents is 1. The molecule has 29 heavy (non-hydrogen) atoms. The van der Waals surface area contributed by atoms with Crippen LogP contribution in [-0.2, 0) is 11.2 Å². The van der Waals surface area contributed by atoms with Crippen molar-refractivity contribution in [2.24, 2.45) is 0 Å². The van der Waals surface area contributed by atoms with Crippen molar-refractivity contribution in [3.05, 3.63) is 50.6 Å². The summed E-state index contributed by atoms with van der Waals surface area (Å²) in [5.41, 5.74) is -1.87. The van der Waals surface area contributed by atoms with Crippen molar-refractivity contribution in [2.45, 2.75) is 38.0 Å². The molecule has 0 heterocycles. The maximum Gasteiger partial charge on any atom is 0.514 e. The molecule has 0 radical (unpaired) electrons. The van der Waals surface area contributed by atoms with Gasteiger partial charge in [-0.25, -0.2) is 22.4 Å². The Morgan fingerprint density at radius 1 is 1.17 bits per heavy atom. The van der Waals surface area contributed by atoms with Gasteiger partial charge in [0.15, 0.2) is 6.61 Å². The summed E-state index contributed by atoms with van der Waals surface area (Å²) < 4.78 is 62.0. The molecule has 0 aliphatic rings. The van der Waals surface area contributed by atoms with Crippen molar-refractivity contribution in [1.82, 2.24) is 0 Å². The highest BCUT2D eigenvalue weighted by atomic mass is 19.3. The number of allylic oxidation sites excluding steroid dienone is 1. The summed E-state index contributed by atoms with van der Waals surface area (Å²) in [6, 6.07) is 1.37. The molecule has 0 aliphatic carbocycles. The fourth-order valence-corrected chi connectivity index (χ4v) is 2.15. The Hall–Kier alpha value is -3.25. The molecular weight excluding hydrogens is 408 g/mol. The minimum Gasteiger partial charge on any atom is -0.428 e. The summed E-state index contributed by atoms with van der Waals surface area (Å²) >= 11 is 0. The summed E-state index contributed by atoms with van der Waals surface area (Å²) in [5, 5.41) is 22.1. The zero-order valence-corrected chi connectivity index (χ0v) is 15.0. The number of ether oxygens (including phenoxy) is 2. The SMILES string of the molecule is C=CCc1cc([N+](=O)[O-])cc([N+](=O)[O-])c1OC(=O)OCC(F)(F)CC(F)(F)CC. The maximum atomic E-state index is 13.5. The second-order valence-electron chi connectivity index (χ2n) is 5.84. The highest BCUT2D eigenvalue weighted by molar-refractivity contribution is 5.69. The molecule has 0 spiro atoms. The van der Waals surface area contributed by atoms with Gasteiger partial charge in [-0.05, 0) is 6.42 Å². The molecule has 0 saturated heterocycles. The van der Waals surface area contributed by atoms with Crippen molar-refractivity contribution in [3.8, 4) is 5.75 Å². The van der Waals surface area contributed by atoms with Crippen LogP contribution in [0.1, 0.15) is 25.3 Å². The number of benzene rings is 1. The first kappa shape index (κ1) is 23.8. The van der Waals surface area contributed by atoms with Gasteiger partial charge in [-0.2, -0.15) is 0 Å². The van der Waals surface area contributed by atoms with Crippen molar-refractivity contribution in [2.75, 3.05) is 6.61 Å². The molecule has 0 atom stereocenters. The molecule has 1 aromatic carbocycles. The molecule has 0 saturated carbocycles. The normalized spacial score (nSPS) is 11.6. The minimum atomic E-state index is -4.08. The third kappa shape index (κ3) is 7.01. The predicted octanol–water partition coefficient (Wildman–Crippen LogP) is 4.82. The number of carbonyl (C=O) groups is 1. The Kier molecular flexibility index (Phi) is 7.63. The standard InChI is InChI=1S/C16H16F4N2O7/c1-3-5-10-6-11(21(24)25)7-12(22(26)27)13(10)29-14(23)28-9-16(19,20)8-15(17,18)4-2/h3,6-7H,1,4-5,8-9H2,2H3. The molecule has 0 N–H and O–H groups in total.